The third kappa shape index (κ3) is 8.22. The Morgan fingerprint density at radius 3 is 2.31 bits per heavy atom. The van der Waals surface area contributed by atoms with Gasteiger partial charge in [-0.05, 0) is 47.2 Å². The van der Waals surface area contributed by atoms with Crippen molar-refractivity contribution >= 4 is 0 Å². The molecule has 0 fully saturated rings. The van der Waals surface area contributed by atoms with Crippen molar-refractivity contribution in [3.63, 3.8) is 0 Å². The zero-order valence-corrected chi connectivity index (χ0v) is 8.38. The summed E-state index contributed by atoms with van der Waals surface area (Å²) in [5.41, 5.74) is 0. The first-order chi connectivity index (χ1) is 8.62. The third-order valence-electron chi connectivity index (χ3n) is 1.53. The van der Waals surface area contributed by atoms with E-state index < -0.39 is 20.2 Å². The molecule has 0 amide bonds. The molecule has 0 rings (SSSR count). The Labute approximate surface area is 90.4 Å². The molecule has 0 aromatic heterocycles. The van der Waals surface area contributed by atoms with Gasteiger partial charge in [-0.3, -0.25) is 0 Å². The first-order valence-electron chi connectivity index (χ1n) is 7.63. The summed E-state index contributed by atoms with van der Waals surface area (Å²) in [6, 6.07) is 0. The van der Waals surface area contributed by atoms with Gasteiger partial charge in [0.2, 0.25) is 0 Å². The number of ether oxygens (including phenoxy) is 2. The second-order valence-electron chi connectivity index (χ2n) is 2.63. The molecule has 13 heavy (non-hydrogen) atoms. The zero-order chi connectivity index (χ0) is 15.1. The Balaban J connectivity index is 4.33. The van der Waals surface area contributed by atoms with E-state index in [9.17, 15) is 0 Å². The summed E-state index contributed by atoms with van der Waals surface area (Å²) in [7, 11) is 0. The summed E-state index contributed by atoms with van der Waals surface area (Å²) in [4.78, 5) is 0.551. The summed E-state index contributed by atoms with van der Waals surface area (Å²) in [6.07, 6.45) is 0.427. The molecular weight excluding hydrogens is 166 g/mol. The normalized spacial score (nSPS) is 20.3. The highest BCUT2D eigenvalue weighted by atomic mass is 16.7. The lowest BCUT2D eigenvalue weighted by molar-refractivity contribution is -0.140. The molecule has 0 aliphatic carbocycles. The molecule has 0 spiro atoms. The predicted octanol–water partition coefficient (Wildman–Crippen LogP) is 1.73. The van der Waals surface area contributed by atoms with Crippen LogP contribution in [0.4, 0.5) is 0 Å². The molecule has 3 heteroatoms. The van der Waals surface area contributed by atoms with Gasteiger partial charge in [-0.15, -0.1) is 0 Å². The van der Waals surface area contributed by atoms with Gasteiger partial charge in [0.15, 0.2) is 6.29 Å². The maximum atomic E-state index is 7.23. The molecule has 0 aliphatic heterocycles. The SMILES string of the molecule is [2H]C([2H])([2H])N(CCCC(OCC)OCC)C([2H])([2H])[2H]. The van der Waals surface area contributed by atoms with Crippen molar-refractivity contribution in [1.82, 2.24) is 4.90 Å². The van der Waals surface area contributed by atoms with Gasteiger partial charge in [-0.25, -0.2) is 0 Å². The molecule has 0 heterocycles. The van der Waals surface area contributed by atoms with Crippen molar-refractivity contribution in [3.05, 3.63) is 0 Å². The van der Waals surface area contributed by atoms with Crippen molar-refractivity contribution in [2.75, 3.05) is 33.7 Å². The molecule has 0 aliphatic rings. The minimum atomic E-state index is -2.63. The van der Waals surface area contributed by atoms with Crippen molar-refractivity contribution in [2.24, 2.45) is 0 Å². The molecular formula is C10H23NO2. The lowest BCUT2D eigenvalue weighted by Gasteiger charge is -2.17. The van der Waals surface area contributed by atoms with Crippen LogP contribution >= 0.6 is 0 Å². The minimum absolute atomic E-state index is 0.0519. The van der Waals surface area contributed by atoms with E-state index in [-0.39, 0.29) is 6.54 Å². The summed E-state index contributed by atoms with van der Waals surface area (Å²) in [5, 5.41) is 0. The Morgan fingerprint density at radius 2 is 1.85 bits per heavy atom. The zero-order valence-electron chi connectivity index (χ0n) is 14.4. The van der Waals surface area contributed by atoms with E-state index in [0.717, 1.165) is 0 Å². The highest BCUT2D eigenvalue weighted by molar-refractivity contribution is 4.49. The topological polar surface area (TPSA) is 21.7 Å². The van der Waals surface area contributed by atoms with E-state index in [4.69, 9.17) is 17.7 Å². The standard InChI is InChI=1S/C10H23NO2/c1-5-12-10(13-6-2)8-7-9-11(3)4/h10H,5-9H2,1-4H3/i3D3,4D3. The van der Waals surface area contributed by atoms with Crippen LogP contribution in [0.25, 0.3) is 0 Å². The van der Waals surface area contributed by atoms with Crippen LogP contribution in [0.3, 0.4) is 0 Å². The molecule has 0 aromatic rings. The molecule has 3 nitrogen and oxygen atoms in total. The average molecular weight is 195 g/mol. The first-order valence-corrected chi connectivity index (χ1v) is 4.63. The number of hydrogen-bond acceptors (Lipinski definition) is 3. The van der Waals surface area contributed by atoms with Crippen LogP contribution in [0.1, 0.15) is 34.9 Å². The highest BCUT2D eigenvalue weighted by Gasteiger charge is 2.06. The van der Waals surface area contributed by atoms with E-state index in [1.54, 1.807) is 0 Å². The van der Waals surface area contributed by atoms with Crippen LogP contribution in [0, 0.1) is 0 Å². The van der Waals surface area contributed by atoms with Crippen LogP contribution in [0.2, 0.25) is 0 Å². The molecule has 80 valence electrons. The number of nitrogens with zero attached hydrogens (tertiary/aromatic N) is 1. The van der Waals surface area contributed by atoms with Crippen molar-refractivity contribution in [3.8, 4) is 0 Å². The molecule has 0 aromatic carbocycles. The monoisotopic (exact) mass is 195 g/mol. The molecule has 0 saturated carbocycles. The van der Waals surface area contributed by atoms with Gasteiger partial charge >= 0.3 is 0 Å². The van der Waals surface area contributed by atoms with Gasteiger partial charge < -0.3 is 14.4 Å². The lowest BCUT2D eigenvalue weighted by atomic mass is 10.3. The van der Waals surface area contributed by atoms with Gasteiger partial charge in [0.25, 0.3) is 0 Å². The molecule has 0 bridgehead atoms. The fourth-order valence-corrected chi connectivity index (χ4v) is 1.00. The quantitative estimate of drug-likeness (QED) is 0.551. The Morgan fingerprint density at radius 1 is 1.23 bits per heavy atom. The largest absolute Gasteiger partial charge is 0.353 e. The fraction of sp³-hybridized carbons (Fsp3) is 1.00. The Bertz CT molecular complexity index is 223. The third-order valence-corrected chi connectivity index (χ3v) is 1.53. The van der Waals surface area contributed by atoms with Gasteiger partial charge in [0.1, 0.15) is 0 Å². The van der Waals surface area contributed by atoms with E-state index in [0.29, 0.717) is 31.0 Å². The fourth-order valence-electron chi connectivity index (χ4n) is 1.00. The van der Waals surface area contributed by atoms with Crippen LogP contribution < -0.4 is 0 Å². The molecule has 0 saturated heterocycles. The van der Waals surface area contributed by atoms with Crippen molar-refractivity contribution < 1.29 is 17.7 Å². The average Bonchev–Trinajstić information content (AvgIpc) is 2.21. The second kappa shape index (κ2) is 8.48. The van der Waals surface area contributed by atoms with Gasteiger partial charge in [0, 0.05) is 21.4 Å². The van der Waals surface area contributed by atoms with Crippen molar-refractivity contribution in [1.29, 1.82) is 0 Å². The van der Waals surface area contributed by atoms with Crippen LogP contribution in [-0.4, -0.2) is 44.9 Å². The molecule has 0 atom stereocenters. The minimum Gasteiger partial charge on any atom is -0.353 e. The summed E-state index contributed by atoms with van der Waals surface area (Å²) >= 11 is 0. The Kier molecular flexibility index (Phi) is 3.71. The first kappa shape index (κ1) is 5.69. The van der Waals surface area contributed by atoms with Crippen LogP contribution in [0.5, 0.6) is 0 Å². The predicted molar refractivity (Wildman–Crippen MR) is 54.8 cm³/mol. The maximum absolute atomic E-state index is 7.23. The molecule has 0 unspecified atom stereocenters. The lowest BCUT2D eigenvalue weighted by Crippen LogP contribution is -2.20. The summed E-state index contributed by atoms with van der Waals surface area (Å²) < 4.78 is 54.0. The molecule has 0 radical (unpaired) electrons. The molecule has 0 N–H and O–H groups in total. The van der Waals surface area contributed by atoms with Crippen LogP contribution in [0.15, 0.2) is 0 Å². The highest BCUT2D eigenvalue weighted by Crippen LogP contribution is 2.04. The van der Waals surface area contributed by atoms with Gasteiger partial charge in [0.05, 0.1) is 0 Å². The maximum Gasteiger partial charge on any atom is 0.157 e. The summed E-state index contributed by atoms with van der Waals surface area (Å²) in [5.74, 6) is 0. The van der Waals surface area contributed by atoms with E-state index in [1.165, 1.54) is 0 Å². The van der Waals surface area contributed by atoms with E-state index in [1.807, 2.05) is 13.8 Å². The van der Waals surface area contributed by atoms with Crippen LogP contribution in [-0.2, 0) is 9.47 Å². The number of rotatable bonds is 8. The smallest absolute Gasteiger partial charge is 0.157 e. The van der Waals surface area contributed by atoms with Gasteiger partial charge in [-0.1, -0.05) is 0 Å². The van der Waals surface area contributed by atoms with E-state index in [2.05, 4.69) is 0 Å². The second-order valence-corrected chi connectivity index (χ2v) is 2.63. The Hall–Kier alpha value is -0.120. The number of hydrogen-bond donors (Lipinski definition) is 0. The van der Waals surface area contributed by atoms with Crippen molar-refractivity contribution in [2.45, 2.75) is 33.0 Å². The van der Waals surface area contributed by atoms with Gasteiger partial charge in [-0.2, -0.15) is 0 Å². The van der Waals surface area contributed by atoms with E-state index >= 15 is 0 Å². The summed E-state index contributed by atoms with van der Waals surface area (Å²) in [6.45, 7) is -0.647.